The normalized spacial score (nSPS) is 11.8. The minimum absolute atomic E-state index is 0.0323. The molecule has 0 heterocycles. The van der Waals surface area contributed by atoms with Crippen molar-refractivity contribution in [1.29, 1.82) is 0 Å². The highest BCUT2D eigenvalue weighted by Gasteiger charge is 2.24. The van der Waals surface area contributed by atoms with Crippen LogP contribution in [0.4, 0.5) is 5.69 Å². The predicted octanol–water partition coefficient (Wildman–Crippen LogP) is 2.55. The van der Waals surface area contributed by atoms with Crippen LogP contribution in [0.15, 0.2) is 42.5 Å². The number of aliphatic hydroxyl groups excluding tert-OH is 1. The van der Waals surface area contributed by atoms with Gasteiger partial charge in [0.2, 0.25) is 0 Å². The van der Waals surface area contributed by atoms with E-state index in [1.54, 1.807) is 19.1 Å². The summed E-state index contributed by atoms with van der Waals surface area (Å²) in [6.07, 6.45) is 0.447. The van der Waals surface area contributed by atoms with Crippen LogP contribution in [0.5, 0.6) is 0 Å². The van der Waals surface area contributed by atoms with Crippen molar-refractivity contribution in [2.45, 2.75) is 26.3 Å². The van der Waals surface area contributed by atoms with E-state index in [0.717, 1.165) is 11.1 Å². The molecule has 1 amide bonds. The van der Waals surface area contributed by atoms with Crippen molar-refractivity contribution in [2.24, 2.45) is 0 Å². The number of hydrogen-bond donors (Lipinski definition) is 2. The van der Waals surface area contributed by atoms with Gasteiger partial charge in [0.15, 0.2) is 0 Å². The van der Waals surface area contributed by atoms with Gasteiger partial charge in [-0.3, -0.25) is 14.9 Å². The molecule has 0 spiro atoms. The Balaban J connectivity index is 2.18. The molecule has 0 saturated heterocycles. The molecule has 0 bridgehead atoms. The van der Waals surface area contributed by atoms with Gasteiger partial charge in [-0.25, -0.2) is 0 Å². The monoisotopic (exact) mass is 328 g/mol. The van der Waals surface area contributed by atoms with Crippen LogP contribution < -0.4 is 5.32 Å². The highest BCUT2D eigenvalue weighted by molar-refractivity contribution is 5.99. The van der Waals surface area contributed by atoms with Crippen LogP contribution in [0.2, 0.25) is 0 Å². The van der Waals surface area contributed by atoms with E-state index in [2.05, 4.69) is 5.32 Å². The van der Waals surface area contributed by atoms with Gasteiger partial charge in [-0.15, -0.1) is 0 Å². The number of nitrogens with one attached hydrogen (secondary N) is 1. The summed E-state index contributed by atoms with van der Waals surface area (Å²) >= 11 is 0. The molecule has 0 unspecified atom stereocenters. The molecule has 2 aromatic rings. The number of nitrogens with zero attached hydrogens (tertiary/aromatic N) is 1. The number of aryl methyl sites for hydroxylation is 2. The van der Waals surface area contributed by atoms with Crippen molar-refractivity contribution in [3.05, 3.63) is 74.8 Å². The molecule has 0 radical (unpaired) electrons. The Morgan fingerprint density at radius 1 is 1.21 bits per heavy atom. The zero-order valence-electron chi connectivity index (χ0n) is 13.7. The third-order valence-electron chi connectivity index (χ3n) is 3.83. The van der Waals surface area contributed by atoms with Crippen LogP contribution in [-0.2, 0) is 6.42 Å². The molecule has 6 heteroatoms. The topological polar surface area (TPSA) is 92.5 Å². The molecule has 2 aromatic carbocycles. The molecule has 2 N–H and O–H groups in total. The van der Waals surface area contributed by atoms with Crippen LogP contribution in [0.3, 0.4) is 0 Å². The van der Waals surface area contributed by atoms with Crippen LogP contribution in [-0.4, -0.2) is 28.6 Å². The quantitative estimate of drug-likeness (QED) is 0.629. The minimum atomic E-state index is -0.574. The molecule has 0 saturated carbocycles. The first-order valence-electron chi connectivity index (χ1n) is 7.63. The van der Waals surface area contributed by atoms with Crippen LogP contribution in [0, 0.1) is 24.0 Å². The van der Waals surface area contributed by atoms with Crippen LogP contribution >= 0.6 is 0 Å². The van der Waals surface area contributed by atoms with Crippen molar-refractivity contribution >= 4 is 11.6 Å². The van der Waals surface area contributed by atoms with E-state index >= 15 is 0 Å². The summed E-state index contributed by atoms with van der Waals surface area (Å²) in [4.78, 5) is 23.0. The Kier molecular flexibility index (Phi) is 5.65. The molecule has 0 fully saturated rings. The molecule has 126 valence electrons. The standard InChI is InChI=1S/C18H20N2O4/c1-12-6-8-14(9-7-12)10-15(11-21)19-18(22)17-13(2)4-3-5-16(17)20(23)24/h3-9,15,21H,10-11H2,1-2H3,(H,19,22)/t15-/m0/s1. The third kappa shape index (κ3) is 4.17. The summed E-state index contributed by atoms with van der Waals surface area (Å²) < 4.78 is 0. The maximum absolute atomic E-state index is 12.5. The minimum Gasteiger partial charge on any atom is -0.394 e. The van der Waals surface area contributed by atoms with E-state index < -0.39 is 16.9 Å². The van der Waals surface area contributed by atoms with Gasteiger partial charge < -0.3 is 10.4 Å². The van der Waals surface area contributed by atoms with Gasteiger partial charge in [-0.1, -0.05) is 42.0 Å². The Labute approximate surface area is 140 Å². The van der Waals surface area contributed by atoms with Gasteiger partial charge in [0.05, 0.1) is 17.6 Å². The van der Waals surface area contributed by atoms with E-state index in [1.807, 2.05) is 31.2 Å². The van der Waals surface area contributed by atoms with Crippen molar-refractivity contribution < 1.29 is 14.8 Å². The van der Waals surface area contributed by atoms with Gasteiger partial charge in [0, 0.05) is 6.07 Å². The van der Waals surface area contributed by atoms with E-state index in [4.69, 9.17) is 0 Å². The maximum atomic E-state index is 12.5. The third-order valence-corrected chi connectivity index (χ3v) is 3.83. The number of carbonyl (C=O) groups is 1. The number of benzene rings is 2. The summed E-state index contributed by atoms with van der Waals surface area (Å²) in [5, 5.41) is 23.4. The molecular formula is C18H20N2O4. The lowest BCUT2D eigenvalue weighted by molar-refractivity contribution is -0.385. The predicted molar refractivity (Wildman–Crippen MR) is 91.1 cm³/mol. The molecule has 24 heavy (non-hydrogen) atoms. The van der Waals surface area contributed by atoms with E-state index in [1.165, 1.54) is 6.07 Å². The lowest BCUT2D eigenvalue weighted by Gasteiger charge is -2.17. The Bertz CT molecular complexity index is 741. The maximum Gasteiger partial charge on any atom is 0.282 e. The fourth-order valence-electron chi connectivity index (χ4n) is 2.53. The SMILES string of the molecule is Cc1ccc(C[C@@H](CO)NC(=O)c2c(C)cccc2[N+](=O)[O-])cc1. The van der Waals surface area contributed by atoms with Gasteiger partial charge in [-0.2, -0.15) is 0 Å². The fourth-order valence-corrected chi connectivity index (χ4v) is 2.53. The number of nitro groups is 1. The lowest BCUT2D eigenvalue weighted by atomic mass is 10.0. The first-order valence-corrected chi connectivity index (χ1v) is 7.63. The van der Waals surface area contributed by atoms with E-state index in [9.17, 15) is 20.0 Å². The zero-order valence-corrected chi connectivity index (χ0v) is 13.7. The van der Waals surface area contributed by atoms with Crippen molar-refractivity contribution in [2.75, 3.05) is 6.61 Å². The zero-order chi connectivity index (χ0) is 17.7. The molecule has 6 nitrogen and oxygen atoms in total. The molecular weight excluding hydrogens is 308 g/mol. The Hall–Kier alpha value is -2.73. The second-order valence-corrected chi connectivity index (χ2v) is 5.77. The van der Waals surface area contributed by atoms with Gasteiger partial charge in [-0.05, 0) is 31.4 Å². The fraction of sp³-hybridized carbons (Fsp3) is 0.278. The number of amides is 1. The number of nitro benzene ring substituents is 1. The van der Waals surface area contributed by atoms with Crippen molar-refractivity contribution in [1.82, 2.24) is 5.32 Å². The van der Waals surface area contributed by atoms with E-state index in [0.29, 0.717) is 12.0 Å². The first-order chi connectivity index (χ1) is 11.4. The lowest BCUT2D eigenvalue weighted by Crippen LogP contribution is -2.39. The summed E-state index contributed by atoms with van der Waals surface area (Å²) in [6.45, 7) is 3.38. The molecule has 1 atom stereocenters. The van der Waals surface area contributed by atoms with Gasteiger partial charge in [0.25, 0.3) is 11.6 Å². The Morgan fingerprint density at radius 2 is 1.88 bits per heavy atom. The number of rotatable bonds is 6. The average Bonchev–Trinajstić information content (AvgIpc) is 2.55. The van der Waals surface area contributed by atoms with Gasteiger partial charge in [0.1, 0.15) is 5.56 Å². The van der Waals surface area contributed by atoms with E-state index in [-0.39, 0.29) is 17.9 Å². The molecule has 2 rings (SSSR count). The summed E-state index contributed by atoms with van der Waals surface area (Å²) in [6, 6.07) is 11.8. The summed E-state index contributed by atoms with van der Waals surface area (Å²) in [7, 11) is 0. The molecule has 0 aliphatic heterocycles. The molecule has 0 aliphatic rings. The smallest absolute Gasteiger partial charge is 0.282 e. The van der Waals surface area contributed by atoms with Crippen LogP contribution in [0.25, 0.3) is 0 Å². The highest BCUT2D eigenvalue weighted by atomic mass is 16.6. The second-order valence-electron chi connectivity index (χ2n) is 5.77. The average molecular weight is 328 g/mol. The summed E-state index contributed by atoms with van der Waals surface area (Å²) in [5.74, 6) is -0.550. The second kappa shape index (κ2) is 7.70. The van der Waals surface area contributed by atoms with Gasteiger partial charge >= 0.3 is 0 Å². The number of carbonyl (C=O) groups excluding carboxylic acids is 1. The number of aliphatic hydroxyl groups is 1. The van der Waals surface area contributed by atoms with Crippen LogP contribution in [0.1, 0.15) is 27.0 Å². The highest BCUT2D eigenvalue weighted by Crippen LogP contribution is 2.22. The van der Waals surface area contributed by atoms with Crippen molar-refractivity contribution in [3.8, 4) is 0 Å². The number of hydrogen-bond acceptors (Lipinski definition) is 4. The molecule has 0 aliphatic carbocycles. The summed E-state index contributed by atoms with van der Waals surface area (Å²) in [5.41, 5.74) is 2.41. The van der Waals surface area contributed by atoms with Crippen molar-refractivity contribution in [3.63, 3.8) is 0 Å². The first kappa shape index (κ1) is 17.6. The largest absolute Gasteiger partial charge is 0.394 e. The Morgan fingerprint density at radius 3 is 2.46 bits per heavy atom. The molecule has 0 aromatic heterocycles.